The summed E-state index contributed by atoms with van der Waals surface area (Å²) in [6, 6.07) is 31.2. The highest BCUT2D eigenvalue weighted by Crippen LogP contribution is 2.65. The second-order valence-electron chi connectivity index (χ2n) is 19.2. The zero-order chi connectivity index (χ0) is 51.0. The second kappa shape index (κ2) is 19.5. The lowest BCUT2D eigenvalue weighted by atomic mass is 9.44. The number of carbonyl (C=O) groups excluding carboxylic acids is 7. The van der Waals surface area contributed by atoms with Gasteiger partial charge in [-0.15, -0.1) is 0 Å². The van der Waals surface area contributed by atoms with Gasteiger partial charge >= 0.3 is 30.0 Å². The SMILES string of the molecule is CC(=O)O[C@H]1C(=O)[C@]2(C)[C@@H](OC(=O)Nc3ccccc3)C[C@H]3OC[C@@]3(OC(C)=O)[C@H]2[C@H](OC(=O)c2ccccc2)[C@]2(O)C[C@H](OC(=O)[C@H](O)[C@@H](NC(=O)c3ccccc3)c3ccccc3)C(C)=C1C2(C)C. The Balaban J connectivity index is 1.30. The smallest absolute Gasteiger partial charge is 0.411 e. The molecule has 2 bridgehead atoms. The van der Waals surface area contributed by atoms with Crippen molar-refractivity contribution in [2.45, 2.75) is 108 Å². The highest BCUT2D eigenvalue weighted by Gasteiger charge is 2.79. The van der Waals surface area contributed by atoms with Crippen LogP contribution in [0.5, 0.6) is 0 Å². The summed E-state index contributed by atoms with van der Waals surface area (Å²) in [6.07, 6.45) is -11.9. The van der Waals surface area contributed by atoms with E-state index in [2.05, 4.69) is 10.6 Å². The maximum absolute atomic E-state index is 16.2. The topological polar surface area (TPSA) is 239 Å². The van der Waals surface area contributed by atoms with Crippen LogP contribution in [0, 0.1) is 16.7 Å². The lowest BCUT2D eigenvalue weighted by Crippen LogP contribution is -2.82. The van der Waals surface area contributed by atoms with Crippen molar-refractivity contribution in [1.29, 1.82) is 0 Å². The number of hydrogen-bond donors (Lipinski definition) is 4. The first-order chi connectivity index (χ1) is 33.7. The third-order valence-corrected chi connectivity index (χ3v) is 14.7. The van der Waals surface area contributed by atoms with E-state index >= 15 is 4.79 Å². The number of ketones is 1. The Morgan fingerprint density at radius 1 is 0.746 bits per heavy atom. The first kappa shape index (κ1) is 50.2. The molecule has 0 spiro atoms. The summed E-state index contributed by atoms with van der Waals surface area (Å²) in [4.78, 5) is 99.4. The van der Waals surface area contributed by atoms with E-state index in [0.717, 1.165) is 13.8 Å². The van der Waals surface area contributed by atoms with Crippen LogP contribution in [0.4, 0.5) is 10.5 Å². The number of benzene rings is 4. The van der Waals surface area contributed by atoms with Crippen LogP contribution >= 0.6 is 0 Å². The van der Waals surface area contributed by atoms with Gasteiger partial charge in [0.15, 0.2) is 23.6 Å². The van der Waals surface area contributed by atoms with Crippen LogP contribution in [0.25, 0.3) is 0 Å². The molecule has 4 aliphatic rings. The van der Waals surface area contributed by atoms with Gasteiger partial charge in [0.05, 0.1) is 29.5 Å². The molecule has 0 aromatic heterocycles. The fourth-order valence-electron chi connectivity index (χ4n) is 11.1. The van der Waals surface area contributed by atoms with Crippen molar-refractivity contribution in [3.8, 4) is 0 Å². The van der Waals surface area contributed by atoms with Crippen LogP contribution in [0.1, 0.15) is 86.7 Å². The van der Waals surface area contributed by atoms with E-state index in [1.54, 1.807) is 123 Å². The van der Waals surface area contributed by atoms with Crippen molar-refractivity contribution in [2.75, 3.05) is 11.9 Å². The van der Waals surface area contributed by atoms with E-state index in [9.17, 15) is 39.0 Å². The molecule has 17 nitrogen and oxygen atoms in total. The molecule has 1 saturated heterocycles. The highest BCUT2D eigenvalue weighted by atomic mass is 16.6. The van der Waals surface area contributed by atoms with Crippen LogP contribution in [-0.2, 0) is 47.6 Å². The molecule has 4 N–H and O–H groups in total. The quantitative estimate of drug-likeness (QED) is 0.0724. The number of Topliss-reactive ketones (excluding diaryl/α,β-unsaturated/α-hetero) is 1. The number of carbonyl (C=O) groups is 7. The minimum atomic E-state index is -2.48. The summed E-state index contributed by atoms with van der Waals surface area (Å²) in [5, 5.41) is 31.3. The summed E-state index contributed by atoms with van der Waals surface area (Å²) in [5.41, 5.74) is -7.17. The molecule has 0 radical (unpaired) electrons. The van der Waals surface area contributed by atoms with Gasteiger partial charge in [-0.1, -0.05) is 98.8 Å². The normalized spacial score (nSPS) is 29.1. The number of para-hydroxylation sites is 1. The van der Waals surface area contributed by atoms with Gasteiger partial charge in [-0.2, -0.15) is 0 Å². The number of hydrogen-bond acceptors (Lipinski definition) is 15. The molecule has 2 saturated carbocycles. The first-order valence-corrected chi connectivity index (χ1v) is 23.3. The molecule has 3 fully saturated rings. The second-order valence-corrected chi connectivity index (χ2v) is 19.2. The van der Waals surface area contributed by atoms with Crippen molar-refractivity contribution < 1.29 is 72.2 Å². The molecule has 372 valence electrons. The molecule has 0 unspecified atom stereocenters. The van der Waals surface area contributed by atoms with Crippen LogP contribution in [0.15, 0.2) is 132 Å². The maximum Gasteiger partial charge on any atom is 0.411 e. The molecule has 17 heteroatoms. The van der Waals surface area contributed by atoms with E-state index in [1.807, 2.05) is 0 Å². The molecule has 4 aromatic rings. The van der Waals surface area contributed by atoms with Crippen molar-refractivity contribution in [3.63, 3.8) is 0 Å². The number of rotatable bonds is 12. The van der Waals surface area contributed by atoms with E-state index in [-0.39, 0.29) is 35.3 Å². The van der Waals surface area contributed by atoms with Crippen LogP contribution < -0.4 is 10.6 Å². The number of nitrogens with one attached hydrogen (secondary N) is 2. The minimum absolute atomic E-state index is 0.0361. The predicted octanol–water partition coefficient (Wildman–Crippen LogP) is 5.99. The van der Waals surface area contributed by atoms with E-state index in [4.69, 9.17) is 28.4 Å². The lowest BCUT2D eigenvalue weighted by molar-refractivity contribution is -0.345. The van der Waals surface area contributed by atoms with Gasteiger partial charge < -0.3 is 44.0 Å². The van der Waals surface area contributed by atoms with Crippen molar-refractivity contribution in [3.05, 3.63) is 149 Å². The van der Waals surface area contributed by atoms with E-state index < -0.39 is 119 Å². The number of aliphatic hydroxyl groups excluding tert-OH is 1. The van der Waals surface area contributed by atoms with Gasteiger partial charge in [0, 0.05) is 43.4 Å². The summed E-state index contributed by atoms with van der Waals surface area (Å²) in [5.74, 6) is -7.13. The fourth-order valence-corrected chi connectivity index (χ4v) is 11.1. The zero-order valence-electron chi connectivity index (χ0n) is 40.0. The summed E-state index contributed by atoms with van der Waals surface area (Å²) >= 11 is 0. The molecule has 11 atom stereocenters. The van der Waals surface area contributed by atoms with Gasteiger partial charge in [-0.05, 0) is 67.0 Å². The predicted molar refractivity (Wildman–Crippen MR) is 252 cm³/mol. The largest absolute Gasteiger partial charge is 0.456 e. The van der Waals surface area contributed by atoms with Crippen LogP contribution in [-0.4, -0.2) is 106 Å². The Bertz CT molecular complexity index is 2730. The average Bonchev–Trinajstić information content (AvgIpc) is 3.34. The van der Waals surface area contributed by atoms with Gasteiger partial charge in [-0.3, -0.25) is 24.5 Å². The Labute approximate surface area is 409 Å². The van der Waals surface area contributed by atoms with Gasteiger partial charge in [0.2, 0.25) is 0 Å². The fraction of sp³-hybridized carbons (Fsp3) is 0.389. The summed E-state index contributed by atoms with van der Waals surface area (Å²) < 4.78 is 37.2. The molecule has 3 aliphatic carbocycles. The number of esters is 4. The van der Waals surface area contributed by atoms with Crippen LogP contribution in [0.2, 0.25) is 0 Å². The summed E-state index contributed by atoms with van der Waals surface area (Å²) in [6.45, 7) is 7.89. The zero-order valence-corrected chi connectivity index (χ0v) is 40.0. The van der Waals surface area contributed by atoms with E-state index in [0.29, 0.717) is 11.3 Å². The molecular weight excluding hydrogens is 917 g/mol. The maximum atomic E-state index is 16.2. The molecule has 4 aromatic carbocycles. The number of fused-ring (bicyclic) bond motifs is 5. The summed E-state index contributed by atoms with van der Waals surface area (Å²) in [7, 11) is 0. The van der Waals surface area contributed by atoms with E-state index in [1.165, 1.54) is 26.0 Å². The Kier molecular flexibility index (Phi) is 13.8. The Morgan fingerprint density at radius 2 is 1.32 bits per heavy atom. The third kappa shape index (κ3) is 9.09. The van der Waals surface area contributed by atoms with Crippen molar-refractivity contribution >= 4 is 47.3 Å². The highest BCUT2D eigenvalue weighted by molar-refractivity contribution is 5.97. The van der Waals surface area contributed by atoms with Crippen LogP contribution in [0.3, 0.4) is 0 Å². The molecular formula is C54H56N2O15. The Hall–Kier alpha value is -7.21. The van der Waals surface area contributed by atoms with Gasteiger partial charge in [0.25, 0.3) is 5.91 Å². The first-order valence-electron chi connectivity index (χ1n) is 23.3. The average molecular weight is 973 g/mol. The van der Waals surface area contributed by atoms with Crippen molar-refractivity contribution in [2.24, 2.45) is 16.7 Å². The molecule has 1 aliphatic heterocycles. The number of aliphatic hydroxyl groups is 2. The standard InChI is InChI=1S/C54H56N2O15/c1-30-37(68-49(63)42(59)41(33-19-11-7-12-20-33)56-47(61)34-21-13-8-14-22-34)28-54(65)46(70-48(62)35-23-15-9-16-24-35)44-52(6,45(60)43(67-31(2)57)40(30)51(54,4)5)38(27-39-53(44,29-66-39)71-32(3)58)69-50(64)55-36-25-17-10-18-26-36/h7-26,37-39,41-44,46,59,65H,27-29H2,1-6H3,(H,55,64)(H,56,61)/t37-,38-,39+,41-,42+,43+,44-,46-,52+,53-,54+/m0/s1. The Morgan fingerprint density at radius 3 is 1.89 bits per heavy atom. The molecule has 1 heterocycles. The monoisotopic (exact) mass is 972 g/mol. The number of ether oxygens (including phenoxy) is 6. The molecule has 2 amide bonds. The van der Waals surface area contributed by atoms with Gasteiger partial charge in [-0.25, -0.2) is 14.4 Å². The minimum Gasteiger partial charge on any atom is -0.456 e. The number of anilines is 1. The molecule has 8 rings (SSSR count). The number of amides is 2. The third-order valence-electron chi connectivity index (χ3n) is 14.7. The lowest BCUT2D eigenvalue weighted by Gasteiger charge is -2.67. The van der Waals surface area contributed by atoms with Crippen molar-refractivity contribution in [1.82, 2.24) is 5.32 Å². The van der Waals surface area contributed by atoms with Gasteiger partial charge in [0.1, 0.15) is 30.0 Å². The molecule has 71 heavy (non-hydrogen) atoms.